The van der Waals surface area contributed by atoms with E-state index >= 15 is 0 Å². The zero-order valence-corrected chi connectivity index (χ0v) is 8.98. The fourth-order valence-electron chi connectivity index (χ4n) is 2.81. The Hall–Kier alpha value is -0.120. The molecule has 82 valence electrons. The molecule has 1 heterocycles. The molecule has 0 radical (unpaired) electrons. The molecule has 0 aromatic rings. The molecule has 2 fully saturated rings. The molecule has 14 heavy (non-hydrogen) atoms. The summed E-state index contributed by atoms with van der Waals surface area (Å²) in [5.41, 5.74) is 0. The molecule has 1 unspecified atom stereocenters. The number of likely N-dealkylation sites (tertiary alicyclic amines) is 1. The van der Waals surface area contributed by atoms with Gasteiger partial charge in [0.2, 0.25) is 0 Å². The molecule has 3 nitrogen and oxygen atoms in total. The van der Waals surface area contributed by atoms with E-state index in [0.29, 0.717) is 12.1 Å². The SMILES string of the molecule is COC1CCCN([C@@H]2CCC[C@H]2O)C1. The van der Waals surface area contributed by atoms with Crippen LogP contribution in [0, 0.1) is 0 Å². The van der Waals surface area contributed by atoms with Gasteiger partial charge in [-0.15, -0.1) is 0 Å². The lowest BCUT2D eigenvalue weighted by atomic mass is 10.0. The van der Waals surface area contributed by atoms with Crippen LogP contribution in [0.15, 0.2) is 0 Å². The lowest BCUT2D eigenvalue weighted by molar-refractivity contribution is -0.00980. The Bertz CT molecular complexity index is 186. The summed E-state index contributed by atoms with van der Waals surface area (Å²) in [6.07, 6.45) is 6.01. The van der Waals surface area contributed by atoms with Crippen LogP contribution in [0.1, 0.15) is 32.1 Å². The summed E-state index contributed by atoms with van der Waals surface area (Å²) < 4.78 is 5.39. The van der Waals surface area contributed by atoms with Crippen LogP contribution >= 0.6 is 0 Å². The number of nitrogens with zero attached hydrogens (tertiary/aromatic N) is 1. The van der Waals surface area contributed by atoms with Gasteiger partial charge in [0.05, 0.1) is 12.2 Å². The van der Waals surface area contributed by atoms with E-state index in [2.05, 4.69) is 4.90 Å². The highest BCUT2D eigenvalue weighted by atomic mass is 16.5. The van der Waals surface area contributed by atoms with Crippen LogP contribution in [0.5, 0.6) is 0 Å². The largest absolute Gasteiger partial charge is 0.391 e. The molecule has 0 spiro atoms. The average molecular weight is 199 g/mol. The number of hydrogen-bond donors (Lipinski definition) is 1. The van der Waals surface area contributed by atoms with Crippen molar-refractivity contribution in [1.82, 2.24) is 4.90 Å². The van der Waals surface area contributed by atoms with Crippen molar-refractivity contribution in [3.05, 3.63) is 0 Å². The maximum absolute atomic E-state index is 9.82. The predicted octanol–water partition coefficient (Wildman–Crippen LogP) is 1.01. The predicted molar refractivity (Wildman–Crippen MR) is 55.2 cm³/mol. The van der Waals surface area contributed by atoms with Crippen molar-refractivity contribution in [3.63, 3.8) is 0 Å². The third-order valence-electron chi connectivity index (χ3n) is 3.66. The van der Waals surface area contributed by atoms with Crippen molar-refractivity contribution in [2.75, 3.05) is 20.2 Å². The zero-order valence-electron chi connectivity index (χ0n) is 8.98. The Morgan fingerprint density at radius 3 is 2.71 bits per heavy atom. The first-order valence-corrected chi connectivity index (χ1v) is 5.76. The van der Waals surface area contributed by atoms with E-state index in [1.807, 2.05) is 0 Å². The van der Waals surface area contributed by atoms with E-state index in [4.69, 9.17) is 4.74 Å². The molecule has 0 aromatic heterocycles. The van der Waals surface area contributed by atoms with Crippen LogP contribution in [0.3, 0.4) is 0 Å². The van der Waals surface area contributed by atoms with E-state index in [0.717, 1.165) is 25.9 Å². The highest BCUT2D eigenvalue weighted by Crippen LogP contribution is 2.27. The Kier molecular flexibility index (Phi) is 3.42. The second-order valence-corrected chi connectivity index (χ2v) is 4.56. The van der Waals surface area contributed by atoms with E-state index < -0.39 is 0 Å². The second kappa shape index (κ2) is 4.60. The van der Waals surface area contributed by atoms with E-state index in [1.165, 1.54) is 19.3 Å². The lowest BCUT2D eigenvalue weighted by Crippen LogP contribution is -2.48. The standard InChI is InChI=1S/C11H21NO2/c1-14-9-4-3-7-12(8-9)10-5-2-6-11(10)13/h9-11,13H,2-8H2,1H3/t9?,10-,11-/m1/s1. The van der Waals surface area contributed by atoms with Gasteiger partial charge in [0, 0.05) is 19.7 Å². The van der Waals surface area contributed by atoms with E-state index in [-0.39, 0.29) is 6.10 Å². The topological polar surface area (TPSA) is 32.7 Å². The van der Waals surface area contributed by atoms with Crippen molar-refractivity contribution in [2.24, 2.45) is 0 Å². The molecule has 3 heteroatoms. The molecule has 2 aliphatic rings. The van der Waals surface area contributed by atoms with E-state index in [1.54, 1.807) is 7.11 Å². The number of ether oxygens (including phenoxy) is 1. The quantitative estimate of drug-likeness (QED) is 0.720. The molecule has 1 aliphatic carbocycles. The van der Waals surface area contributed by atoms with Crippen LogP contribution < -0.4 is 0 Å². The van der Waals surface area contributed by atoms with Gasteiger partial charge >= 0.3 is 0 Å². The van der Waals surface area contributed by atoms with Gasteiger partial charge in [-0.2, -0.15) is 0 Å². The Morgan fingerprint density at radius 1 is 1.21 bits per heavy atom. The minimum atomic E-state index is -0.0920. The smallest absolute Gasteiger partial charge is 0.0698 e. The normalized spacial score (nSPS) is 40.3. The second-order valence-electron chi connectivity index (χ2n) is 4.56. The van der Waals surface area contributed by atoms with Crippen molar-refractivity contribution in [3.8, 4) is 0 Å². The van der Waals surface area contributed by atoms with E-state index in [9.17, 15) is 5.11 Å². The number of aliphatic hydroxyl groups is 1. The molecule has 1 saturated heterocycles. The first-order valence-electron chi connectivity index (χ1n) is 5.76. The van der Waals surface area contributed by atoms with Gasteiger partial charge in [-0.25, -0.2) is 0 Å². The maximum Gasteiger partial charge on any atom is 0.0698 e. The zero-order chi connectivity index (χ0) is 9.97. The maximum atomic E-state index is 9.82. The van der Waals surface area contributed by atoms with Crippen LogP contribution in [0.25, 0.3) is 0 Å². The molecule has 3 atom stereocenters. The molecule has 0 amide bonds. The number of methoxy groups -OCH3 is 1. The summed E-state index contributed by atoms with van der Waals surface area (Å²) in [4.78, 5) is 2.43. The van der Waals surface area contributed by atoms with Crippen LogP contribution in [0.4, 0.5) is 0 Å². The van der Waals surface area contributed by atoms with Gasteiger partial charge < -0.3 is 9.84 Å². The molecule has 1 aliphatic heterocycles. The summed E-state index contributed by atoms with van der Waals surface area (Å²) in [6.45, 7) is 2.15. The fourth-order valence-corrected chi connectivity index (χ4v) is 2.81. The fraction of sp³-hybridized carbons (Fsp3) is 1.00. The van der Waals surface area contributed by atoms with Crippen LogP contribution in [0.2, 0.25) is 0 Å². The minimum absolute atomic E-state index is 0.0920. The Balaban J connectivity index is 1.90. The molecule has 2 rings (SSSR count). The number of aliphatic hydroxyl groups excluding tert-OH is 1. The van der Waals surface area contributed by atoms with Gasteiger partial charge in [0.15, 0.2) is 0 Å². The van der Waals surface area contributed by atoms with Gasteiger partial charge in [-0.05, 0) is 38.6 Å². The first-order chi connectivity index (χ1) is 6.81. The summed E-state index contributed by atoms with van der Waals surface area (Å²) in [5, 5.41) is 9.82. The molecule has 0 aromatic carbocycles. The lowest BCUT2D eigenvalue weighted by Gasteiger charge is -2.37. The average Bonchev–Trinajstić information content (AvgIpc) is 2.65. The Morgan fingerprint density at radius 2 is 2.07 bits per heavy atom. The van der Waals surface area contributed by atoms with Crippen molar-refractivity contribution >= 4 is 0 Å². The van der Waals surface area contributed by atoms with Gasteiger partial charge in [-0.3, -0.25) is 4.90 Å². The highest BCUT2D eigenvalue weighted by Gasteiger charge is 2.33. The summed E-state index contributed by atoms with van der Waals surface area (Å²) in [5.74, 6) is 0. The monoisotopic (exact) mass is 199 g/mol. The van der Waals surface area contributed by atoms with Gasteiger partial charge in [0.1, 0.15) is 0 Å². The molecule has 1 N–H and O–H groups in total. The van der Waals surface area contributed by atoms with Gasteiger partial charge in [-0.1, -0.05) is 0 Å². The number of hydrogen-bond acceptors (Lipinski definition) is 3. The van der Waals surface area contributed by atoms with Crippen molar-refractivity contribution < 1.29 is 9.84 Å². The molecule has 1 saturated carbocycles. The Labute approximate surface area is 86.0 Å². The van der Waals surface area contributed by atoms with Crippen LogP contribution in [-0.2, 0) is 4.74 Å². The molecule has 0 bridgehead atoms. The number of rotatable bonds is 2. The third kappa shape index (κ3) is 2.10. The number of piperidine rings is 1. The first kappa shape index (κ1) is 10.4. The molecular weight excluding hydrogens is 178 g/mol. The van der Waals surface area contributed by atoms with Gasteiger partial charge in [0.25, 0.3) is 0 Å². The summed E-state index contributed by atoms with van der Waals surface area (Å²) in [6, 6.07) is 0.410. The van der Waals surface area contributed by atoms with Crippen molar-refractivity contribution in [1.29, 1.82) is 0 Å². The third-order valence-corrected chi connectivity index (χ3v) is 3.66. The summed E-state index contributed by atoms with van der Waals surface area (Å²) >= 11 is 0. The highest BCUT2D eigenvalue weighted by molar-refractivity contribution is 4.88. The summed E-state index contributed by atoms with van der Waals surface area (Å²) in [7, 11) is 1.79. The minimum Gasteiger partial charge on any atom is -0.391 e. The molecular formula is C11H21NO2. The van der Waals surface area contributed by atoms with Crippen LogP contribution in [-0.4, -0.2) is 48.5 Å². The van der Waals surface area contributed by atoms with Crippen molar-refractivity contribution in [2.45, 2.75) is 50.4 Å².